The van der Waals surface area contributed by atoms with Crippen LogP contribution in [-0.4, -0.2) is 12.1 Å². The Labute approximate surface area is 154 Å². The topological polar surface area (TPSA) is 50.7 Å². The van der Waals surface area contributed by atoms with E-state index in [2.05, 4.69) is 10.5 Å². The third-order valence-corrected chi connectivity index (χ3v) is 4.40. The molecule has 1 heterocycles. The molecule has 0 fully saturated rings. The Morgan fingerprint density at radius 2 is 1.88 bits per heavy atom. The van der Waals surface area contributed by atoms with Crippen LogP contribution in [0.15, 0.2) is 71.1 Å². The summed E-state index contributed by atoms with van der Waals surface area (Å²) in [5.74, 6) is 0.422. The molecule has 0 spiro atoms. The summed E-state index contributed by atoms with van der Waals surface area (Å²) in [5, 5.41) is 6.59. The van der Waals surface area contributed by atoms with E-state index >= 15 is 0 Å². The average Bonchev–Trinajstić information content (AvgIpc) is 3.15. The Morgan fingerprint density at radius 3 is 2.56 bits per heavy atom. The minimum absolute atomic E-state index is 0.267. The molecule has 0 aliphatic carbocycles. The van der Waals surface area contributed by atoms with Crippen molar-refractivity contribution in [1.29, 1.82) is 0 Å². The molecule has 3 rings (SSSR count). The van der Waals surface area contributed by atoms with E-state index in [-0.39, 0.29) is 5.91 Å². The first kappa shape index (κ1) is 17.2. The van der Waals surface area contributed by atoms with Crippen LogP contribution in [-0.2, 0) is 6.61 Å². The molecule has 0 radical (unpaired) electrons. The largest absolute Gasteiger partial charge is 0.489 e. The van der Waals surface area contributed by atoms with Crippen LogP contribution in [0.25, 0.3) is 0 Å². The monoisotopic (exact) mass is 370 g/mol. The van der Waals surface area contributed by atoms with Crippen LogP contribution >= 0.6 is 22.9 Å². The molecule has 1 amide bonds. The molecule has 0 saturated carbocycles. The first-order valence-corrected chi connectivity index (χ1v) is 8.81. The van der Waals surface area contributed by atoms with Gasteiger partial charge in [-0.15, -0.1) is 11.3 Å². The van der Waals surface area contributed by atoms with Crippen LogP contribution < -0.4 is 10.2 Å². The van der Waals surface area contributed by atoms with Gasteiger partial charge in [-0.05, 0) is 53.4 Å². The molecule has 0 unspecified atom stereocenters. The van der Waals surface area contributed by atoms with E-state index in [1.54, 1.807) is 41.8 Å². The summed E-state index contributed by atoms with van der Waals surface area (Å²) in [6, 6.07) is 18.2. The summed E-state index contributed by atoms with van der Waals surface area (Å²) in [6.07, 6.45) is 1.62. The van der Waals surface area contributed by atoms with E-state index in [4.69, 9.17) is 16.3 Å². The fraction of sp³-hybridized carbons (Fsp3) is 0.0526. The van der Waals surface area contributed by atoms with Crippen molar-refractivity contribution in [3.8, 4) is 5.75 Å². The normalized spacial score (nSPS) is 10.8. The first-order valence-electron chi connectivity index (χ1n) is 7.55. The van der Waals surface area contributed by atoms with Gasteiger partial charge in [0.15, 0.2) is 0 Å². The zero-order valence-electron chi connectivity index (χ0n) is 13.2. The van der Waals surface area contributed by atoms with Crippen LogP contribution in [0.3, 0.4) is 0 Å². The van der Waals surface area contributed by atoms with Gasteiger partial charge in [0.2, 0.25) is 0 Å². The van der Waals surface area contributed by atoms with Gasteiger partial charge < -0.3 is 4.74 Å². The fourth-order valence-corrected chi connectivity index (χ4v) is 2.74. The number of thiophene rings is 1. The average molecular weight is 371 g/mol. The lowest BCUT2D eigenvalue weighted by atomic mass is 10.2. The lowest BCUT2D eigenvalue weighted by Gasteiger charge is -2.07. The Kier molecular flexibility index (Phi) is 5.82. The maximum atomic E-state index is 12.0. The van der Waals surface area contributed by atoms with Gasteiger partial charge in [-0.25, -0.2) is 5.43 Å². The molecule has 126 valence electrons. The minimum Gasteiger partial charge on any atom is -0.489 e. The minimum atomic E-state index is -0.267. The summed E-state index contributed by atoms with van der Waals surface area (Å²) >= 11 is 7.41. The number of nitrogens with one attached hydrogen (secondary N) is 1. The third kappa shape index (κ3) is 5.17. The number of ether oxygens (including phenoxy) is 1. The molecule has 0 aliphatic rings. The van der Waals surface area contributed by atoms with E-state index in [1.165, 1.54) is 0 Å². The Balaban J connectivity index is 1.52. The highest BCUT2D eigenvalue weighted by molar-refractivity contribution is 7.11. The Morgan fingerprint density at radius 1 is 1.12 bits per heavy atom. The van der Waals surface area contributed by atoms with Gasteiger partial charge in [-0.2, -0.15) is 5.10 Å². The highest BCUT2D eigenvalue weighted by Gasteiger charge is 2.04. The zero-order valence-corrected chi connectivity index (χ0v) is 14.8. The van der Waals surface area contributed by atoms with E-state index in [0.29, 0.717) is 22.9 Å². The van der Waals surface area contributed by atoms with Gasteiger partial charge in [-0.1, -0.05) is 29.8 Å². The second-order valence-electron chi connectivity index (χ2n) is 5.15. The molecular weight excluding hydrogens is 356 g/mol. The number of carbonyl (C=O) groups excluding carboxylic acids is 1. The number of hydrogen-bond donors (Lipinski definition) is 1. The molecule has 0 saturated heterocycles. The Bertz CT molecular complexity index is 844. The van der Waals surface area contributed by atoms with Crippen molar-refractivity contribution >= 4 is 35.1 Å². The predicted molar refractivity (Wildman–Crippen MR) is 102 cm³/mol. The number of amides is 1. The molecule has 0 bridgehead atoms. The number of benzene rings is 2. The summed E-state index contributed by atoms with van der Waals surface area (Å²) in [6.45, 7) is 0.438. The molecule has 1 N–H and O–H groups in total. The third-order valence-electron chi connectivity index (χ3n) is 3.34. The Hall–Kier alpha value is -2.63. The number of carbonyl (C=O) groups is 1. The van der Waals surface area contributed by atoms with Gasteiger partial charge in [0.05, 0.1) is 6.21 Å². The molecule has 4 nitrogen and oxygen atoms in total. The van der Waals surface area contributed by atoms with Crippen molar-refractivity contribution in [3.63, 3.8) is 0 Å². The van der Waals surface area contributed by atoms with E-state index in [0.717, 1.165) is 10.4 Å². The highest BCUT2D eigenvalue weighted by atomic mass is 35.5. The summed E-state index contributed by atoms with van der Waals surface area (Å²) < 4.78 is 5.69. The van der Waals surface area contributed by atoms with Gasteiger partial charge in [0.25, 0.3) is 5.91 Å². The molecule has 3 aromatic rings. The van der Waals surface area contributed by atoms with Crippen LogP contribution in [0, 0.1) is 0 Å². The molecule has 1 aromatic heterocycles. The van der Waals surface area contributed by atoms with Gasteiger partial charge in [0, 0.05) is 15.5 Å². The van der Waals surface area contributed by atoms with Gasteiger partial charge in [0.1, 0.15) is 12.4 Å². The van der Waals surface area contributed by atoms with Crippen LogP contribution in [0.4, 0.5) is 0 Å². The molecule has 0 atom stereocenters. The smallest absolute Gasteiger partial charge is 0.271 e. The first-order chi connectivity index (χ1) is 12.2. The highest BCUT2D eigenvalue weighted by Crippen LogP contribution is 2.16. The van der Waals surface area contributed by atoms with Gasteiger partial charge >= 0.3 is 0 Å². The van der Waals surface area contributed by atoms with Crippen molar-refractivity contribution in [2.45, 2.75) is 6.61 Å². The number of hydrogen-bond acceptors (Lipinski definition) is 4. The summed E-state index contributed by atoms with van der Waals surface area (Å²) in [7, 11) is 0. The van der Waals surface area contributed by atoms with Crippen molar-refractivity contribution in [2.24, 2.45) is 5.10 Å². The van der Waals surface area contributed by atoms with Crippen LogP contribution in [0.2, 0.25) is 5.02 Å². The quantitative estimate of drug-likeness (QED) is 0.503. The number of halogens is 1. The number of hydrazone groups is 1. The molecule has 6 heteroatoms. The lowest BCUT2D eigenvalue weighted by molar-refractivity contribution is 0.0955. The van der Waals surface area contributed by atoms with Crippen molar-refractivity contribution in [2.75, 3.05) is 0 Å². The second-order valence-corrected chi connectivity index (χ2v) is 6.57. The van der Waals surface area contributed by atoms with Crippen LogP contribution in [0.1, 0.15) is 20.8 Å². The number of rotatable bonds is 6. The van der Waals surface area contributed by atoms with Gasteiger partial charge in [-0.3, -0.25) is 4.79 Å². The van der Waals surface area contributed by atoms with Crippen molar-refractivity contribution in [1.82, 2.24) is 5.43 Å². The molecule has 0 aliphatic heterocycles. The lowest BCUT2D eigenvalue weighted by Crippen LogP contribution is -2.17. The van der Waals surface area contributed by atoms with Crippen LogP contribution in [0.5, 0.6) is 5.75 Å². The molecular formula is C19H15ClN2O2S. The molecule has 25 heavy (non-hydrogen) atoms. The summed E-state index contributed by atoms with van der Waals surface area (Å²) in [4.78, 5) is 13.0. The van der Waals surface area contributed by atoms with Crippen molar-refractivity contribution in [3.05, 3.63) is 87.1 Å². The molecule has 2 aromatic carbocycles. The maximum Gasteiger partial charge on any atom is 0.271 e. The van der Waals surface area contributed by atoms with E-state index in [9.17, 15) is 4.79 Å². The maximum absolute atomic E-state index is 12.0. The van der Waals surface area contributed by atoms with E-state index < -0.39 is 0 Å². The number of nitrogens with zero attached hydrogens (tertiary/aromatic N) is 1. The van der Waals surface area contributed by atoms with Crippen molar-refractivity contribution < 1.29 is 9.53 Å². The zero-order chi connectivity index (χ0) is 17.5. The van der Waals surface area contributed by atoms with E-state index in [1.807, 2.05) is 41.8 Å². The SMILES string of the molecule is O=C(N/N=C/c1cccs1)c1ccc(OCc2ccc(Cl)cc2)cc1. The summed E-state index contributed by atoms with van der Waals surface area (Å²) in [5.41, 5.74) is 4.04. The fourth-order valence-electron chi connectivity index (χ4n) is 2.03. The predicted octanol–water partition coefficient (Wildman–Crippen LogP) is 4.74. The standard InChI is InChI=1S/C19H15ClN2O2S/c20-16-7-3-14(4-8-16)13-24-17-9-5-15(6-10-17)19(23)22-21-12-18-2-1-11-25-18/h1-12H,13H2,(H,22,23)/b21-12+. The second kappa shape index (κ2) is 8.46.